The van der Waals surface area contributed by atoms with Gasteiger partial charge in [-0.3, -0.25) is 4.79 Å². The van der Waals surface area contributed by atoms with Gasteiger partial charge in [-0.2, -0.15) is 0 Å². The van der Waals surface area contributed by atoms with Gasteiger partial charge < -0.3 is 14.7 Å². The van der Waals surface area contributed by atoms with Gasteiger partial charge in [0.25, 0.3) is 0 Å². The third kappa shape index (κ3) is 3.91. The monoisotopic (exact) mass is 371 g/mol. The maximum Gasteiger partial charge on any atom is 0.214 e. The number of rotatable bonds is 6. The van der Waals surface area contributed by atoms with E-state index < -0.39 is 0 Å². The van der Waals surface area contributed by atoms with Gasteiger partial charge in [-0.05, 0) is 46.9 Å². The van der Waals surface area contributed by atoms with E-state index >= 15 is 0 Å². The zero-order chi connectivity index (χ0) is 19.3. The highest BCUT2D eigenvalue weighted by molar-refractivity contribution is 5.63. The number of fused-ring (bicyclic) bond motifs is 1. The third-order valence-electron chi connectivity index (χ3n) is 4.89. The first-order valence-corrected chi connectivity index (χ1v) is 9.22. The Labute approximate surface area is 164 Å². The van der Waals surface area contributed by atoms with Gasteiger partial charge in [-0.25, -0.2) is 0 Å². The molecule has 1 unspecified atom stereocenters. The molecule has 1 aliphatic rings. The van der Waals surface area contributed by atoms with Crippen molar-refractivity contribution in [2.45, 2.75) is 19.1 Å². The number of aromatic hydroxyl groups is 1. The SMILES string of the molecule is O=CN1C=Cc2ccccc2C1Cc1cc(O)cc(OCc2ccccc2)c1. The Hall–Kier alpha value is -3.53. The summed E-state index contributed by atoms with van der Waals surface area (Å²) in [6.45, 7) is 0.430. The standard InChI is InChI=1S/C24H21NO3/c26-17-25-11-10-20-8-4-5-9-23(20)24(25)14-19-12-21(27)15-22(13-19)28-16-18-6-2-1-3-7-18/h1-13,15,17,24,27H,14,16H2. The van der Waals surface area contributed by atoms with Crippen LogP contribution in [-0.4, -0.2) is 16.4 Å². The van der Waals surface area contributed by atoms with Crippen LogP contribution in [0.15, 0.2) is 79.0 Å². The summed E-state index contributed by atoms with van der Waals surface area (Å²) in [4.78, 5) is 13.2. The molecule has 140 valence electrons. The Morgan fingerprint density at radius 1 is 0.964 bits per heavy atom. The predicted octanol–water partition coefficient (Wildman–Crippen LogP) is 4.70. The van der Waals surface area contributed by atoms with E-state index in [2.05, 4.69) is 0 Å². The Morgan fingerprint density at radius 2 is 1.75 bits per heavy atom. The molecule has 1 amide bonds. The number of benzene rings is 3. The molecule has 4 rings (SSSR count). The summed E-state index contributed by atoms with van der Waals surface area (Å²) in [6, 6.07) is 23.1. The second-order valence-corrected chi connectivity index (χ2v) is 6.83. The second kappa shape index (κ2) is 8.01. The van der Waals surface area contributed by atoms with Crippen LogP contribution in [-0.2, 0) is 17.8 Å². The zero-order valence-corrected chi connectivity index (χ0v) is 15.4. The number of hydrogen-bond donors (Lipinski definition) is 1. The molecule has 1 atom stereocenters. The lowest BCUT2D eigenvalue weighted by Gasteiger charge is -2.30. The third-order valence-corrected chi connectivity index (χ3v) is 4.89. The minimum atomic E-state index is -0.123. The largest absolute Gasteiger partial charge is 0.508 e. The van der Waals surface area contributed by atoms with Gasteiger partial charge >= 0.3 is 0 Å². The van der Waals surface area contributed by atoms with E-state index in [0.29, 0.717) is 18.8 Å². The van der Waals surface area contributed by atoms with Crippen molar-refractivity contribution in [2.75, 3.05) is 0 Å². The molecule has 1 heterocycles. The Bertz CT molecular complexity index is 998. The van der Waals surface area contributed by atoms with Gasteiger partial charge in [0.1, 0.15) is 18.1 Å². The molecular weight excluding hydrogens is 350 g/mol. The number of phenolic OH excluding ortho intramolecular Hbond substituents is 1. The van der Waals surface area contributed by atoms with Gasteiger partial charge in [0, 0.05) is 12.3 Å². The molecule has 0 bridgehead atoms. The summed E-state index contributed by atoms with van der Waals surface area (Å²) >= 11 is 0. The maximum absolute atomic E-state index is 11.6. The topological polar surface area (TPSA) is 49.8 Å². The van der Waals surface area contributed by atoms with Crippen LogP contribution in [0.3, 0.4) is 0 Å². The Morgan fingerprint density at radius 3 is 2.57 bits per heavy atom. The molecule has 4 heteroatoms. The Balaban J connectivity index is 1.56. The Kier molecular flexibility index (Phi) is 5.11. The smallest absolute Gasteiger partial charge is 0.214 e. The van der Waals surface area contributed by atoms with Gasteiger partial charge in [0.05, 0.1) is 6.04 Å². The van der Waals surface area contributed by atoms with E-state index in [0.717, 1.165) is 28.7 Å². The van der Waals surface area contributed by atoms with Crippen LogP contribution in [0, 0.1) is 0 Å². The number of amides is 1. The highest BCUT2D eigenvalue weighted by Crippen LogP contribution is 2.33. The first kappa shape index (κ1) is 17.9. The van der Waals surface area contributed by atoms with Crippen molar-refractivity contribution in [1.29, 1.82) is 0 Å². The minimum absolute atomic E-state index is 0.123. The molecule has 4 nitrogen and oxygen atoms in total. The molecule has 0 radical (unpaired) electrons. The summed E-state index contributed by atoms with van der Waals surface area (Å²) in [6.07, 6.45) is 5.16. The molecule has 0 saturated heterocycles. The van der Waals surface area contributed by atoms with Gasteiger partial charge in [-0.1, -0.05) is 54.6 Å². The quantitative estimate of drug-likeness (QED) is 0.639. The van der Waals surface area contributed by atoms with E-state index in [1.54, 1.807) is 23.2 Å². The van der Waals surface area contributed by atoms with Crippen molar-refractivity contribution in [1.82, 2.24) is 4.90 Å². The summed E-state index contributed by atoms with van der Waals surface area (Å²) in [5, 5.41) is 10.2. The molecule has 0 spiro atoms. The average molecular weight is 371 g/mol. The molecule has 1 N–H and O–H groups in total. The van der Waals surface area contributed by atoms with Gasteiger partial charge in [0.15, 0.2) is 0 Å². The highest BCUT2D eigenvalue weighted by Gasteiger charge is 2.23. The zero-order valence-electron chi connectivity index (χ0n) is 15.4. The van der Waals surface area contributed by atoms with Crippen LogP contribution < -0.4 is 4.74 Å². The van der Waals surface area contributed by atoms with Crippen molar-refractivity contribution in [3.05, 3.63) is 101 Å². The maximum atomic E-state index is 11.6. The van der Waals surface area contributed by atoms with Crippen LogP contribution in [0.1, 0.15) is 28.3 Å². The van der Waals surface area contributed by atoms with Crippen molar-refractivity contribution >= 4 is 12.5 Å². The van der Waals surface area contributed by atoms with Crippen LogP contribution >= 0.6 is 0 Å². The normalized spacial score (nSPS) is 15.1. The summed E-state index contributed by atoms with van der Waals surface area (Å²) < 4.78 is 5.87. The van der Waals surface area contributed by atoms with Gasteiger partial charge in [0.2, 0.25) is 6.41 Å². The van der Waals surface area contributed by atoms with E-state index in [1.165, 1.54) is 0 Å². The lowest BCUT2D eigenvalue weighted by atomic mass is 9.91. The minimum Gasteiger partial charge on any atom is -0.508 e. The summed E-state index contributed by atoms with van der Waals surface area (Å²) in [5.74, 6) is 0.758. The second-order valence-electron chi connectivity index (χ2n) is 6.83. The average Bonchev–Trinajstić information content (AvgIpc) is 2.73. The highest BCUT2D eigenvalue weighted by atomic mass is 16.5. The molecular formula is C24H21NO3. The lowest BCUT2D eigenvalue weighted by Crippen LogP contribution is -2.27. The molecule has 1 aliphatic heterocycles. The van der Waals surface area contributed by atoms with Crippen LogP contribution in [0.2, 0.25) is 0 Å². The number of ether oxygens (including phenoxy) is 1. The van der Waals surface area contributed by atoms with Gasteiger partial charge in [-0.15, -0.1) is 0 Å². The van der Waals surface area contributed by atoms with E-state index in [1.807, 2.05) is 66.7 Å². The van der Waals surface area contributed by atoms with Crippen LogP contribution in [0.4, 0.5) is 0 Å². The number of carbonyl (C=O) groups excluding carboxylic acids is 1. The fourth-order valence-electron chi connectivity index (χ4n) is 3.53. The van der Waals surface area contributed by atoms with Crippen LogP contribution in [0.5, 0.6) is 11.5 Å². The molecule has 0 aliphatic carbocycles. The van der Waals surface area contributed by atoms with E-state index in [9.17, 15) is 9.90 Å². The summed E-state index contributed by atoms with van der Waals surface area (Å²) in [5.41, 5.74) is 4.16. The van der Waals surface area contributed by atoms with Crippen molar-refractivity contribution in [2.24, 2.45) is 0 Å². The molecule has 28 heavy (non-hydrogen) atoms. The number of carbonyl (C=O) groups is 1. The van der Waals surface area contributed by atoms with Crippen molar-refractivity contribution < 1.29 is 14.6 Å². The molecule has 0 aromatic heterocycles. The molecule has 0 saturated carbocycles. The first-order chi connectivity index (χ1) is 13.7. The van der Waals surface area contributed by atoms with E-state index in [-0.39, 0.29) is 11.8 Å². The number of hydrogen-bond acceptors (Lipinski definition) is 3. The molecule has 0 fully saturated rings. The first-order valence-electron chi connectivity index (χ1n) is 9.22. The fraction of sp³-hybridized carbons (Fsp3) is 0.125. The van der Waals surface area contributed by atoms with Crippen molar-refractivity contribution in [3.8, 4) is 11.5 Å². The number of phenols is 1. The van der Waals surface area contributed by atoms with E-state index in [4.69, 9.17) is 4.74 Å². The summed E-state index contributed by atoms with van der Waals surface area (Å²) in [7, 11) is 0. The van der Waals surface area contributed by atoms with Crippen LogP contribution in [0.25, 0.3) is 6.08 Å². The number of nitrogens with zero attached hydrogens (tertiary/aromatic N) is 1. The fourth-order valence-corrected chi connectivity index (χ4v) is 3.53. The lowest BCUT2D eigenvalue weighted by molar-refractivity contribution is -0.117. The van der Waals surface area contributed by atoms with Crippen molar-refractivity contribution in [3.63, 3.8) is 0 Å². The predicted molar refractivity (Wildman–Crippen MR) is 109 cm³/mol. The molecule has 3 aromatic rings. The molecule has 3 aromatic carbocycles.